The van der Waals surface area contributed by atoms with E-state index in [0.29, 0.717) is 40.1 Å². The first-order valence-electron chi connectivity index (χ1n) is 6.85. The molecule has 0 amide bonds. The molecular formula is C15H14Cl2N2O2. The van der Waals surface area contributed by atoms with Gasteiger partial charge in [0.05, 0.1) is 0 Å². The highest BCUT2D eigenvalue weighted by molar-refractivity contribution is 6.34. The minimum atomic E-state index is 0.0663. The fraction of sp³-hybridized carbons (Fsp3) is 0.333. The Morgan fingerprint density at radius 1 is 1.29 bits per heavy atom. The Balaban J connectivity index is 2.05. The fourth-order valence-corrected chi connectivity index (χ4v) is 2.99. The number of rotatable bonds is 3. The monoisotopic (exact) mass is 324 g/mol. The van der Waals surface area contributed by atoms with Gasteiger partial charge >= 0.3 is 0 Å². The van der Waals surface area contributed by atoms with Gasteiger partial charge in [0.15, 0.2) is 11.5 Å². The molecule has 0 unspecified atom stereocenters. The van der Waals surface area contributed by atoms with Gasteiger partial charge in [0.1, 0.15) is 17.1 Å². The smallest absolute Gasteiger partial charge is 0.184 e. The number of ether oxygens (including phenoxy) is 1. The predicted molar refractivity (Wildman–Crippen MR) is 81.7 cm³/mol. The van der Waals surface area contributed by atoms with Crippen LogP contribution in [0, 0.1) is 0 Å². The van der Waals surface area contributed by atoms with E-state index in [-0.39, 0.29) is 5.78 Å². The van der Waals surface area contributed by atoms with Crippen molar-refractivity contribution in [2.45, 2.75) is 32.7 Å². The largest absolute Gasteiger partial charge is 0.453 e. The summed E-state index contributed by atoms with van der Waals surface area (Å²) >= 11 is 12.0. The minimum absolute atomic E-state index is 0.0663. The molecule has 0 saturated heterocycles. The third kappa shape index (κ3) is 2.78. The summed E-state index contributed by atoms with van der Waals surface area (Å²) < 4.78 is 7.64. The number of carbonyl (C=O) groups excluding carboxylic acids is 1. The van der Waals surface area contributed by atoms with Crippen LogP contribution < -0.4 is 4.74 Å². The third-order valence-corrected chi connectivity index (χ3v) is 3.84. The number of Topliss-reactive ketones (excluding diaryl/α,β-unsaturated/α-hetero) is 1. The van der Waals surface area contributed by atoms with Crippen molar-refractivity contribution in [2.75, 3.05) is 0 Å². The van der Waals surface area contributed by atoms with Gasteiger partial charge in [-0.05, 0) is 31.0 Å². The van der Waals surface area contributed by atoms with Gasteiger partial charge in [-0.25, -0.2) is 0 Å². The van der Waals surface area contributed by atoms with Gasteiger partial charge in [-0.3, -0.25) is 9.48 Å². The Morgan fingerprint density at radius 2 is 2.00 bits per heavy atom. The van der Waals surface area contributed by atoms with E-state index in [1.54, 1.807) is 22.9 Å². The second kappa shape index (κ2) is 5.70. The van der Waals surface area contributed by atoms with Crippen LogP contribution in [0.5, 0.6) is 11.5 Å². The van der Waals surface area contributed by atoms with Crippen LogP contribution in [-0.4, -0.2) is 15.6 Å². The second-order valence-corrected chi connectivity index (χ2v) is 5.81. The molecule has 110 valence electrons. The van der Waals surface area contributed by atoms with Gasteiger partial charge in [-0.1, -0.05) is 30.1 Å². The van der Waals surface area contributed by atoms with Crippen LogP contribution in [-0.2, 0) is 13.0 Å². The maximum absolute atomic E-state index is 12.2. The van der Waals surface area contributed by atoms with E-state index >= 15 is 0 Å². The summed E-state index contributed by atoms with van der Waals surface area (Å²) in [4.78, 5) is 12.2. The van der Waals surface area contributed by atoms with Crippen LogP contribution in [0.3, 0.4) is 0 Å². The van der Waals surface area contributed by atoms with Gasteiger partial charge in [-0.15, -0.1) is 0 Å². The molecule has 6 heteroatoms. The molecule has 2 aromatic rings. The van der Waals surface area contributed by atoms with Crippen molar-refractivity contribution in [3.8, 4) is 11.5 Å². The van der Waals surface area contributed by atoms with E-state index in [4.69, 9.17) is 27.9 Å². The molecule has 0 N–H and O–H groups in total. The second-order valence-electron chi connectivity index (χ2n) is 4.94. The van der Waals surface area contributed by atoms with Gasteiger partial charge in [0.2, 0.25) is 0 Å². The van der Waals surface area contributed by atoms with E-state index in [9.17, 15) is 4.79 Å². The van der Waals surface area contributed by atoms with Crippen LogP contribution in [0.25, 0.3) is 0 Å². The number of fused-ring (bicyclic) bond motifs is 1. The van der Waals surface area contributed by atoms with Crippen molar-refractivity contribution in [3.63, 3.8) is 0 Å². The average molecular weight is 325 g/mol. The first kappa shape index (κ1) is 14.4. The molecule has 0 bridgehead atoms. The average Bonchev–Trinajstić information content (AvgIpc) is 2.77. The lowest BCUT2D eigenvalue weighted by atomic mass is 10.1. The highest BCUT2D eigenvalue weighted by Crippen LogP contribution is 2.35. The van der Waals surface area contributed by atoms with E-state index in [2.05, 4.69) is 5.10 Å². The lowest BCUT2D eigenvalue weighted by Crippen LogP contribution is -2.17. The highest BCUT2D eigenvalue weighted by Gasteiger charge is 2.27. The Hall–Kier alpha value is -1.52. The van der Waals surface area contributed by atoms with Gasteiger partial charge in [-0.2, -0.15) is 5.10 Å². The summed E-state index contributed by atoms with van der Waals surface area (Å²) in [5, 5.41) is 5.44. The molecule has 1 aromatic carbocycles. The van der Waals surface area contributed by atoms with Crippen molar-refractivity contribution >= 4 is 29.0 Å². The molecule has 1 aliphatic rings. The summed E-state index contributed by atoms with van der Waals surface area (Å²) in [6.07, 6.45) is 2.04. The Bertz CT molecular complexity index is 690. The van der Waals surface area contributed by atoms with Crippen molar-refractivity contribution in [3.05, 3.63) is 39.6 Å². The molecule has 3 rings (SSSR count). The quantitative estimate of drug-likeness (QED) is 0.833. The number of carbonyl (C=O) groups is 1. The maximum atomic E-state index is 12.2. The number of benzene rings is 1. The van der Waals surface area contributed by atoms with Crippen LogP contribution in [0.1, 0.15) is 35.9 Å². The van der Waals surface area contributed by atoms with E-state index in [1.165, 1.54) is 0 Å². The van der Waals surface area contributed by atoms with Crippen LogP contribution in [0.2, 0.25) is 10.0 Å². The molecule has 0 spiro atoms. The van der Waals surface area contributed by atoms with E-state index < -0.39 is 0 Å². The normalized spacial score (nSPS) is 14.1. The molecule has 0 saturated carbocycles. The number of aromatic nitrogens is 2. The van der Waals surface area contributed by atoms with Crippen LogP contribution >= 0.6 is 23.2 Å². The van der Waals surface area contributed by atoms with E-state index in [0.717, 1.165) is 18.7 Å². The third-order valence-electron chi connectivity index (χ3n) is 3.41. The molecule has 21 heavy (non-hydrogen) atoms. The predicted octanol–water partition coefficient (Wildman–Crippen LogP) is 4.52. The lowest BCUT2D eigenvalue weighted by Gasteiger charge is -2.14. The molecule has 1 aromatic heterocycles. The topological polar surface area (TPSA) is 44.1 Å². The van der Waals surface area contributed by atoms with Crippen LogP contribution in [0.4, 0.5) is 0 Å². The number of nitrogens with zero attached hydrogens (tertiary/aromatic N) is 2. The van der Waals surface area contributed by atoms with Gasteiger partial charge in [0.25, 0.3) is 0 Å². The molecule has 0 radical (unpaired) electrons. The van der Waals surface area contributed by atoms with Crippen molar-refractivity contribution in [1.29, 1.82) is 0 Å². The zero-order valence-corrected chi connectivity index (χ0v) is 13.0. The van der Waals surface area contributed by atoms with Crippen LogP contribution in [0.15, 0.2) is 18.2 Å². The Labute approximate surface area is 132 Å². The fourth-order valence-electron chi connectivity index (χ4n) is 2.48. The molecule has 4 nitrogen and oxygen atoms in total. The first-order chi connectivity index (χ1) is 10.1. The molecule has 0 fully saturated rings. The Morgan fingerprint density at radius 3 is 2.67 bits per heavy atom. The zero-order chi connectivity index (χ0) is 15.0. The summed E-state index contributed by atoms with van der Waals surface area (Å²) in [6.45, 7) is 2.73. The zero-order valence-electron chi connectivity index (χ0n) is 11.5. The summed E-state index contributed by atoms with van der Waals surface area (Å²) in [7, 11) is 0. The van der Waals surface area contributed by atoms with Crippen molar-refractivity contribution in [1.82, 2.24) is 9.78 Å². The summed E-state index contributed by atoms with van der Waals surface area (Å²) in [6, 6.07) is 4.98. The van der Waals surface area contributed by atoms with Crippen molar-refractivity contribution < 1.29 is 9.53 Å². The summed E-state index contributed by atoms with van der Waals surface area (Å²) in [5.41, 5.74) is 1.32. The number of hydrogen-bond donors (Lipinski definition) is 0. The van der Waals surface area contributed by atoms with Gasteiger partial charge in [0, 0.05) is 23.0 Å². The number of halogens is 2. The molecule has 1 aliphatic heterocycles. The van der Waals surface area contributed by atoms with Gasteiger partial charge < -0.3 is 4.74 Å². The first-order valence-corrected chi connectivity index (χ1v) is 7.61. The summed E-state index contributed by atoms with van der Waals surface area (Å²) in [5.74, 6) is 1.11. The molecule has 2 heterocycles. The minimum Gasteiger partial charge on any atom is -0.453 e. The number of hydrogen-bond acceptors (Lipinski definition) is 3. The standard InChI is InChI=1S/C15H14Cl2N2O2/c1-2-12-15(14-13(20)4-3-5-19(14)18-12)21-11-7-9(16)6-10(17)8-11/h6-8H,2-5H2,1H3. The van der Waals surface area contributed by atoms with Crippen molar-refractivity contribution in [2.24, 2.45) is 0 Å². The SMILES string of the molecule is CCc1nn2c(c1Oc1cc(Cl)cc(Cl)c1)C(=O)CCC2. The number of aryl methyl sites for hydroxylation is 2. The number of ketones is 1. The van der Waals surface area contributed by atoms with E-state index in [1.807, 2.05) is 6.92 Å². The highest BCUT2D eigenvalue weighted by atomic mass is 35.5. The molecule has 0 aliphatic carbocycles. The molecule has 0 atom stereocenters. The molecular weight excluding hydrogens is 311 g/mol. The lowest BCUT2D eigenvalue weighted by molar-refractivity contribution is 0.0949. The maximum Gasteiger partial charge on any atom is 0.184 e. The Kier molecular flexibility index (Phi) is 3.91.